The number of halogens is 1. The predicted molar refractivity (Wildman–Crippen MR) is 80.8 cm³/mol. The van der Waals surface area contributed by atoms with Gasteiger partial charge in [-0.3, -0.25) is 14.5 Å². The van der Waals surface area contributed by atoms with Gasteiger partial charge in [-0.15, -0.1) is 0 Å². The Bertz CT molecular complexity index is 808. The van der Waals surface area contributed by atoms with Crippen LogP contribution in [-0.2, 0) is 11.3 Å². The number of Topliss-reactive ketones (excluding diaryl/α,β-unsaturated/α-hetero) is 1. The first-order chi connectivity index (χ1) is 10.1. The van der Waals surface area contributed by atoms with E-state index in [1.54, 1.807) is 42.5 Å². The van der Waals surface area contributed by atoms with Crippen molar-refractivity contribution in [2.24, 2.45) is 0 Å². The van der Waals surface area contributed by atoms with Crippen molar-refractivity contribution in [3.05, 3.63) is 63.6 Å². The lowest BCUT2D eigenvalue weighted by molar-refractivity contribution is -0.114. The van der Waals surface area contributed by atoms with Crippen molar-refractivity contribution in [3.8, 4) is 6.07 Å². The first-order valence-corrected chi connectivity index (χ1v) is 7.05. The topological polar surface area (TPSA) is 61.2 Å². The van der Waals surface area contributed by atoms with Crippen molar-refractivity contribution in [1.29, 1.82) is 5.26 Å². The summed E-state index contributed by atoms with van der Waals surface area (Å²) in [6.07, 6.45) is 0. The molecule has 2 aromatic carbocycles. The summed E-state index contributed by atoms with van der Waals surface area (Å²) in [4.78, 5) is 25.6. The van der Waals surface area contributed by atoms with E-state index in [-0.39, 0.29) is 6.54 Å². The summed E-state index contributed by atoms with van der Waals surface area (Å²) in [7, 11) is 0. The fourth-order valence-electron chi connectivity index (χ4n) is 2.40. The molecule has 21 heavy (non-hydrogen) atoms. The maximum Gasteiger partial charge on any atom is 0.299 e. The van der Waals surface area contributed by atoms with Gasteiger partial charge in [-0.2, -0.15) is 5.26 Å². The number of nitrogens with zero attached hydrogens (tertiary/aromatic N) is 2. The number of ketones is 1. The molecule has 0 bridgehead atoms. The van der Waals surface area contributed by atoms with Crippen molar-refractivity contribution in [3.63, 3.8) is 0 Å². The van der Waals surface area contributed by atoms with Crippen LogP contribution in [0.1, 0.15) is 21.5 Å². The highest BCUT2D eigenvalue weighted by molar-refractivity contribution is 9.10. The Hall–Kier alpha value is -2.45. The van der Waals surface area contributed by atoms with E-state index in [9.17, 15) is 9.59 Å². The standard InChI is InChI=1S/C16H9BrN2O2/c17-13-7-3-6-12-14(13)19(16(21)15(12)20)9-11-5-2-1-4-10(11)8-18/h1-7H,9H2. The van der Waals surface area contributed by atoms with E-state index in [2.05, 4.69) is 22.0 Å². The van der Waals surface area contributed by atoms with Crippen LogP contribution >= 0.6 is 15.9 Å². The summed E-state index contributed by atoms with van der Waals surface area (Å²) in [6, 6.07) is 14.3. The summed E-state index contributed by atoms with van der Waals surface area (Å²) >= 11 is 3.38. The average Bonchev–Trinajstić information content (AvgIpc) is 2.74. The van der Waals surface area contributed by atoms with Gasteiger partial charge in [0.2, 0.25) is 0 Å². The average molecular weight is 341 g/mol. The first-order valence-electron chi connectivity index (χ1n) is 6.26. The molecule has 0 atom stereocenters. The fraction of sp³-hybridized carbons (Fsp3) is 0.0625. The van der Waals surface area contributed by atoms with Crippen LogP contribution in [0.3, 0.4) is 0 Å². The monoisotopic (exact) mass is 340 g/mol. The van der Waals surface area contributed by atoms with Crippen LogP contribution in [0.5, 0.6) is 0 Å². The number of amides is 1. The molecule has 5 heteroatoms. The number of carbonyl (C=O) groups excluding carboxylic acids is 2. The second kappa shape index (κ2) is 5.15. The van der Waals surface area contributed by atoms with Gasteiger partial charge in [0.1, 0.15) is 0 Å². The highest BCUT2D eigenvalue weighted by atomic mass is 79.9. The van der Waals surface area contributed by atoms with Crippen molar-refractivity contribution >= 4 is 33.3 Å². The third-order valence-corrected chi connectivity index (χ3v) is 4.05. The van der Waals surface area contributed by atoms with Crippen LogP contribution in [0.15, 0.2) is 46.9 Å². The molecule has 0 fully saturated rings. The van der Waals surface area contributed by atoms with Gasteiger partial charge in [0.15, 0.2) is 0 Å². The van der Waals surface area contributed by atoms with Crippen LogP contribution < -0.4 is 4.90 Å². The summed E-state index contributed by atoms with van der Waals surface area (Å²) in [6.45, 7) is 0.198. The number of hydrogen-bond donors (Lipinski definition) is 0. The molecule has 0 unspecified atom stereocenters. The van der Waals surface area contributed by atoms with Crippen molar-refractivity contribution < 1.29 is 9.59 Å². The molecule has 0 saturated heterocycles. The minimum atomic E-state index is -0.565. The van der Waals surface area contributed by atoms with E-state index < -0.39 is 11.7 Å². The van der Waals surface area contributed by atoms with Crippen LogP contribution in [-0.4, -0.2) is 11.7 Å². The number of benzene rings is 2. The zero-order valence-corrected chi connectivity index (χ0v) is 12.4. The Labute approximate surface area is 129 Å². The Morgan fingerprint density at radius 3 is 2.62 bits per heavy atom. The third-order valence-electron chi connectivity index (χ3n) is 3.41. The first kappa shape index (κ1) is 13.5. The Balaban J connectivity index is 2.07. The molecular formula is C16H9BrN2O2. The summed E-state index contributed by atoms with van der Waals surface area (Å²) in [5.74, 6) is -1.08. The molecule has 1 aliphatic heterocycles. The molecule has 0 radical (unpaired) electrons. The zero-order chi connectivity index (χ0) is 15.0. The number of rotatable bonds is 2. The van der Waals surface area contributed by atoms with E-state index in [0.717, 1.165) is 0 Å². The molecule has 3 rings (SSSR count). The van der Waals surface area contributed by atoms with Gasteiger partial charge < -0.3 is 0 Å². The van der Waals surface area contributed by atoms with Crippen molar-refractivity contribution in [1.82, 2.24) is 0 Å². The molecule has 4 nitrogen and oxygen atoms in total. The minimum Gasteiger partial charge on any atom is -0.299 e. The minimum absolute atomic E-state index is 0.198. The molecule has 102 valence electrons. The van der Waals surface area contributed by atoms with Crippen LogP contribution in [0.4, 0.5) is 5.69 Å². The molecule has 2 aromatic rings. The molecule has 0 saturated carbocycles. The van der Waals surface area contributed by atoms with Gasteiger partial charge in [-0.25, -0.2) is 0 Å². The SMILES string of the molecule is N#Cc1ccccc1CN1C(=O)C(=O)c2cccc(Br)c21. The normalized spacial score (nSPS) is 13.2. The van der Waals surface area contributed by atoms with E-state index in [0.29, 0.717) is 26.9 Å². The molecule has 1 aliphatic rings. The number of hydrogen-bond acceptors (Lipinski definition) is 3. The number of anilines is 1. The van der Waals surface area contributed by atoms with Gasteiger partial charge in [-0.1, -0.05) is 24.3 Å². The largest absolute Gasteiger partial charge is 0.299 e. The molecule has 1 heterocycles. The summed E-state index contributed by atoms with van der Waals surface area (Å²) < 4.78 is 0.689. The summed E-state index contributed by atoms with van der Waals surface area (Å²) in [5.41, 5.74) is 2.17. The number of carbonyl (C=O) groups is 2. The van der Waals surface area contributed by atoms with Gasteiger partial charge in [-0.05, 0) is 39.7 Å². The second-order valence-corrected chi connectivity index (χ2v) is 5.48. The van der Waals surface area contributed by atoms with Crippen LogP contribution in [0, 0.1) is 11.3 Å². The molecule has 0 aromatic heterocycles. The van der Waals surface area contributed by atoms with E-state index in [1.807, 2.05) is 0 Å². The van der Waals surface area contributed by atoms with Gasteiger partial charge in [0.25, 0.3) is 11.7 Å². The Morgan fingerprint density at radius 2 is 1.86 bits per heavy atom. The lowest BCUT2D eigenvalue weighted by Crippen LogP contribution is -2.29. The van der Waals surface area contributed by atoms with Gasteiger partial charge >= 0.3 is 0 Å². The van der Waals surface area contributed by atoms with E-state index in [4.69, 9.17) is 5.26 Å². The van der Waals surface area contributed by atoms with Crippen LogP contribution in [0.25, 0.3) is 0 Å². The molecule has 1 amide bonds. The number of nitriles is 1. The molecule has 0 spiro atoms. The Kier molecular flexibility index (Phi) is 3.32. The molecule has 0 N–H and O–H groups in total. The fourth-order valence-corrected chi connectivity index (χ4v) is 2.98. The molecule has 0 aliphatic carbocycles. The van der Waals surface area contributed by atoms with Crippen LogP contribution in [0.2, 0.25) is 0 Å². The van der Waals surface area contributed by atoms with Gasteiger partial charge in [0.05, 0.1) is 29.4 Å². The zero-order valence-electron chi connectivity index (χ0n) is 10.8. The highest BCUT2D eigenvalue weighted by Crippen LogP contribution is 2.37. The predicted octanol–water partition coefficient (Wildman–Crippen LogP) is 3.05. The van der Waals surface area contributed by atoms with Crippen molar-refractivity contribution in [2.45, 2.75) is 6.54 Å². The quantitative estimate of drug-likeness (QED) is 0.789. The second-order valence-electron chi connectivity index (χ2n) is 4.63. The third kappa shape index (κ3) is 2.14. The lowest BCUT2D eigenvalue weighted by atomic mass is 10.1. The maximum absolute atomic E-state index is 12.2. The Morgan fingerprint density at radius 1 is 1.10 bits per heavy atom. The lowest BCUT2D eigenvalue weighted by Gasteiger charge is -2.18. The van der Waals surface area contributed by atoms with Crippen molar-refractivity contribution in [2.75, 3.05) is 4.90 Å². The number of para-hydroxylation sites is 1. The van der Waals surface area contributed by atoms with Gasteiger partial charge in [0, 0.05) is 4.47 Å². The smallest absolute Gasteiger partial charge is 0.299 e. The summed E-state index contributed by atoms with van der Waals surface area (Å²) in [5, 5.41) is 9.13. The van der Waals surface area contributed by atoms with E-state index in [1.165, 1.54) is 4.90 Å². The molecular weight excluding hydrogens is 332 g/mol. The number of fused-ring (bicyclic) bond motifs is 1. The maximum atomic E-state index is 12.2. The van der Waals surface area contributed by atoms with E-state index >= 15 is 0 Å². The highest BCUT2D eigenvalue weighted by Gasteiger charge is 2.37.